The second-order valence-electron chi connectivity index (χ2n) is 10.2. The number of nitrogens with zero attached hydrogens (tertiary/aromatic N) is 3. The average Bonchev–Trinajstić information content (AvgIpc) is 3.40. The number of nitrogens with one attached hydrogen (secondary N) is 1. The first kappa shape index (κ1) is 26.3. The van der Waals surface area contributed by atoms with Gasteiger partial charge in [-0.15, -0.1) is 0 Å². The van der Waals surface area contributed by atoms with E-state index in [1.165, 1.54) is 5.56 Å². The van der Waals surface area contributed by atoms with Crippen LogP contribution in [0.5, 0.6) is 11.5 Å². The third-order valence-electron chi connectivity index (χ3n) is 7.66. The van der Waals surface area contributed by atoms with E-state index in [0.717, 1.165) is 42.8 Å². The minimum atomic E-state index is -0.694. The van der Waals surface area contributed by atoms with Crippen molar-refractivity contribution in [2.45, 2.75) is 51.2 Å². The lowest BCUT2D eigenvalue weighted by Gasteiger charge is -2.29. The first-order valence-electron chi connectivity index (χ1n) is 13.3. The number of hydrogen-bond acceptors (Lipinski definition) is 6. The molecule has 1 aliphatic carbocycles. The zero-order chi connectivity index (χ0) is 27.4. The van der Waals surface area contributed by atoms with Crippen LogP contribution in [-0.2, 0) is 18.0 Å². The molecule has 1 aliphatic heterocycles. The molecule has 1 fully saturated rings. The third-order valence-corrected chi connectivity index (χ3v) is 7.66. The van der Waals surface area contributed by atoms with Crippen LogP contribution in [0.3, 0.4) is 0 Å². The number of hydrogen-bond donors (Lipinski definition) is 2. The predicted molar refractivity (Wildman–Crippen MR) is 148 cm³/mol. The first-order valence-corrected chi connectivity index (χ1v) is 13.3. The Bertz CT molecular complexity index is 1360. The molecule has 0 spiro atoms. The van der Waals surface area contributed by atoms with Crippen LogP contribution >= 0.6 is 0 Å². The maximum atomic E-state index is 12.8. The van der Waals surface area contributed by atoms with E-state index in [1.807, 2.05) is 35.0 Å². The standard InChI is InChI=1S/C30H34N4O5/c1-38-26-12-5-21(15-27(26)39-2)17-31-30(37)25-18-34-19-33(14-13-28(34)32-25)24-10-8-23(9-11-24)22-6-3-20(4-7-22)16-29(35)36/h5,8-15,18,20,22H,3-4,6-7,16-17,19H2,1-2H3,(H,31,37)(H,35,36). The van der Waals surface area contributed by atoms with E-state index < -0.39 is 5.97 Å². The molecule has 39 heavy (non-hydrogen) atoms. The molecular weight excluding hydrogens is 496 g/mol. The van der Waals surface area contributed by atoms with Gasteiger partial charge in [-0.1, -0.05) is 18.2 Å². The maximum Gasteiger partial charge on any atom is 0.303 e. The second-order valence-corrected chi connectivity index (χ2v) is 10.2. The van der Waals surface area contributed by atoms with E-state index in [0.29, 0.717) is 42.2 Å². The van der Waals surface area contributed by atoms with Gasteiger partial charge in [0.05, 0.1) is 14.2 Å². The zero-order valence-electron chi connectivity index (χ0n) is 22.3. The van der Waals surface area contributed by atoms with Crippen molar-refractivity contribution in [2.75, 3.05) is 19.1 Å². The molecule has 2 heterocycles. The average molecular weight is 531 g/mol. The van der Waals surface area contributed by atoms with Gasteiger partial charge in [0.15, 0.2) is 11.5 Å². The van der Waals surface area contributed by atoms with Crippen molar-refractivity contribution in [1.29, 1.82) is 0 Å². The molecule has 2 aromatic carbocycles. The number of aliphatic carboxylic acids is 1. The quantitative estimate of drug-likeness (QED) is 0.400. The smallest absolute Gasteiger partial charge is 0.303 e. The minimum Gasteiger partial charge on any atom is -0.493 e. The molecule has 1 amide bonds. The highest BCUT2D eigenvalue weighted by molar-refractivity contribution is 5.92. The molecule has 0 bridgehead atoms. The van der Waals surface area contributed by atoms with Crippen LogP contribution in [0.4, 0.5) is 5.69 Å². The van der Waals surface area contributed by atoms with Crippen LogP contribution in [0.2, 0.25) is 0 Å². The van der Waals surface area contributed by atoms with Crippen molar-refractivity contribution < 1.29 is 24.2 Å². The summed E-state index contributed by atoms with van der Waals surface area (Å²) in [4.78, 5) is 30.4. The fraction of sp³-hybridized carbons (Fsp3) is 0.367. The van der Waals surface area contributed by atoms with Gasteiger partial charge in [0, 0.05) is 31.0 Å². The van der Waals surface area contributed by atoms with Crippen LogP contribution < -0.4 is 19.7 Å². The first-order chi connectivity index (χ1) is 18.9. The fourth-order valence-corrected chi connectivity index (χ4v) is 5.47. The Labute approximate surface area is 228 Å². The number of ether oxygens (including phenoxy) is 2. The highest BCUT2D eigenvalue weighted by atomic mass is 16.5. The number of carboxylic acid groups (broad SMARTS) is 1. The summed E-state index contributed by atoms with van der Waals surface area (Å²) >= 11 is 0. The Morgan fingerprint density at radius 1 is 1.03 bits per heavy atom. The molecule has 9 heteroatoms. The van der Waals surface area contributed by atoms with Crippen LogP contribution in [0, 0.1) is 5.92 Å². The molecule has 0 saturated heterocycles. The van der Waals surface area contributed by atoms with Gasteiger partial charge >= 0.3 is 5.97 Å². The molecule has 1 aromatic heterocycles. The number of carbonyl (C=O) groups is 2. The summed E-state index contributed by atoms with van der Waals surface area (Å²) < 4.78 is 12.6. The third kappa shape index (κ3) is 6.08. The number of carboxylic acids is 1. The van der Waals surface area contributed by atoms with Crippen LogP contribution in [-0.4, -0.2) is 40.8 Å². The Balaban J connectivity index is 1.17. The SMILES string of the molecule is COc1ccc(CNC(=O)c2cn3c(n2)C=CN(c2ccc(C4CCC(CC(=O)O)CC4)cc2)C3)cc1OC. The molecule has 3 aromatic rings. The Kier molecular flexibility index (Phi) is 7.86. The normalized spacial score (nSPS) is 18.4. The molecule has 0 radical (unpaired) electrons. The van der Waals surface area contributed by atoms with Crippen molar-refractivity contribution in [3.8, 4) is 11.5 Å². The summed E-state index contributed by atoms with van der Waals surface area (Å²) in [5, 5.41) is 12.0. The maximum absolute atomic E-state index is 12.8. The molecule has 204 valence electrons. The molecule has 0 atom stereocenters. The Morgan fingerprint density at radius 2 is 1.77 bits per heavy atom. The summed E-state index contributed by atoms with van der Waals surface area (Å²) in [6.45, 7) is 0.901. The summed E-state index contributed by atoms with van der Waals surface area (Å²) in [5.41, 5.74) is 3.64. The molecule has 0 unspecified atom stereocenters. The van der Waals surface area contributed by atoms with Gasteiger partial charge in [-0.3, -0.25) is 9.59 Å². The van der Waals surface area contributed by atoms with E-state index in [-0.39, 0.29) is 12.3 Å². The van der Waals surface area contributed by atoms with Crippen LogP contribution in [0.15, 0.2) is 54.9 Å². The number of rotatable bonds is 9. The molecular formula is C30H34N4O5. The predicted octanol–water partition coefficient (Wildman–Crippen LogP) is 5.03. The molecule has 1 saturated carbocycles. The Hall–Kier alpha value is -4.27. The number of fused-ring (bicyclic) bond motifs is 1. The van der Waals surface area contributed by atoms with Gasteiger partial charge in [-0.05, 0) is 79.0 Å². The van der Waals surface area contributed by atoms with E-state index in [2.05, 4.69) is 39.5 Å². The molecule has 5 rings (SSSR count). The van der Waals surface area contributed by atoms with Gasteiger partial charge in [-0.2, -0.15) is 0 Å². The number of methoxy groups -OCH3 is 2. The summed E-state index contributed by atoms with van der Waals surface area (Å²) in [5.74, 6) is 1.84. The van der Waals surface area contributed by atoms with Crippen molar-refractivity contribution >= 4 is 23.6 Å². The number of carbonyl (C=O) groups excluding carboxylic acids is 1. The lowest BCUT2D eigenvalue weighted by molar-refractivity contribution is -0.138. The van der Waals surface area contributed by atoms with Crippen molar-refractivity contribution in [3.63, 3.8) is 0 Å². The number of imidazole rings is 1. The molecule has 2 aliphatic rings. The van der Waals surface area contributed by atoms with Gasteiger partial charge in [0.1, 0.15) is 18.2 Å². The highest BCUT2D eigenvalue weighted by Crippen LogP contribution is 2.37. The summed E-state index contributed by atoms with van der Waals surface area (Å²) in [6, 6.07) is 14.2. The van der Waals surface area contributed by atoms with Gasteiger partial charge in [0.25, 0.3) is 5.91 Å². The number of amides is 1. The van der Waals surface area contributed by atoms with E-state index in [4.69, 9.17) is 14.6 Å². The van der Waals surface area contributed by atoms with E-state index in [1.54, 1.807) is 20.4 Å². The van der Waals surface area contributed by atoms with Crippen molar-refractivity contribution in [2.24, 2.45) is 5.92 Å². The van der Waals surface area contributed by atoms with E-state index >= 15 is 0 Å². The summed E-state index contributed by atoms with van der Waals surface area (Å²) in [6.07, 6.45) is 9.98. The highest BCUT2D eigenvalue weighted by Gasteiger charge is 2.24. The largest absolute Gasteiger partial charge is 0.493 e. The summed E-state index contributed by atoms with van der Waals surface area (Å²) in [7, 11) is 3.17. The van der Waals surface area contributed by atoms with E-state index in [9.17, 15) is 9.59 Å². The zero-order valence-corrected chi connectivity index (χ0v) is 22.3. The lowest BCUT2D eigenvalue weighted by Crippen LogP contribution is -2.24. The number of benzene rings is 2. The van der Waals surface area contributed by atoms with Crippen molar-refractivity contribution in [1.82, 2.24) is 14.9 Å². The topological polar surface area (TPSA) is 106 Å². The lowest BCUT2D eigenvalue weighted by atomic mass is 9.77. The molecule has 2 N–H and O–H groups in total. The van der Waals surface area contributed by atoms with Gasteiger partial charge in [0.2, 0.25) is 0 Å². The second kappa shape index (κ2) is 11.6. The minimum absolute atomic E-state index is 0.242. The number of aromatic nitrogens is 2. The van der Waals surface area contributed by atoms with Gasteiger partial charge < -0.3 is 29.4 Å². The van der Waals surface area contributed by atoms with Crippen molar-refractivity contribution in [3.05, 3.63) is 77.5 Å². The van der Waals surface area contributed by atoms with Gasteiger partial charge in [-0.25, -0.2) is 4.98 Å². The van der Waals surface area contributed by atoms with Crippen LogP contribution in [0.25, 0.3) is 6.08 Å². The monoisotopic (exact) mass is 530 g/mol. The van der Waals surface area contributed by atoms with Crippen LogP contribution in [0.1, 0.15) is 65.5 Å². The molecule has 9 nitrogen and oxygen atoms in total. The number of anilines is 1. The fourth-order valence-electron chi connectivity index (χ4n) is 5.47. The Morgan fingerprint density at radius 3 is 2.46 bits per heavy atom.